The van der Waals surface area contributed by atoms with Gasteiger partial charge in [0.2, 0.25) is 0 Å². The second-order valence-corrected chi connectivity index (χ2v) is 3.30. The van der Waals surface area contributed by atoms with E-state index in [1.807, 2.05) is 36.4 Å². The molecule has 3 N–H and O–H groups in total. The van der Waals surface area contributed by atoms with Gasteiger partial charge in [-0.15, -0.1) is 0 Å². The first-order valence-corrected chi connectivity index (χ1v) is 4.79. The zero-order valence-electron chi connectivity index (χ0n) is 8.23. The predicted molar refractivity (Wildman–Crippen MR) is 60.4 cm³/mol. The fraction of sp³-hybridized carbons (Fsp3) is 0.0833. The molecule has 15 heavy (non-hydrogen) atoms. The molecular weight excluding hydrogens is 188 g/mol. The predicted octanol–water partition coefficient (Wildman–Crippen LogP) is 1.50. The third-order valence-electron chi connectivity index (χ3n) is 2.30. The van der Waals surface area contributed by atoms with Crippen LogP contribution in [0.4, 0.5) is 0 Å². The minimum atomic E-state index is -0.112. The highest BCUT2D eigenvalue weighted by Crippen LogP contribution is 2.14. The second kappa shape index (κ2) is 4.11. The molecule has 1 aromatic heterocycles. The number of rotatable bonds is 2. The molecule has 0 saturated carbocycles. The number of hydrogen-bond acceptors (Lipinski definition) is 2. The van der Waals surface area contributed by atoms with Crippen molar-refractivity contribution in [2.45, 2.75) is 6.54 Å². The zero-order valence-corrected chi connectivity index (χ0v) is 8.23. The van der Waals surface area contributed by atoms with E-state index < -0.39 is 0 Å². The number of aromatic amines is 1. The van der Waals surface area contributed by atoms with Crippen LogP contribution in [0.25, 0.3) is 11.3 Å². The highest BCUT2D eigenvalue weighted by molar-refractivity contribution is 5.58. The Balaban J connectivity index is 2.48. The molecule has 0 aliphatic heterocycles. The average Bonchev–Trinajstić information content (AvgIpc) is 2.30. The Morgan fingerprint density at radius 1 is 1.07 bits per heavy atom. The maximum absolute atomic E-state index is 11.5. The number of nitrogens with one attached hydrogen (secondary N) is 1. The molecule has 3 heteroatoms. The van der Waals surface area contributed by atoms with Crippen LogP contribution >= 0.6 is 0 Å². The summed E-state index contributed by atoms with van der Waals surface area (Å²) in [4.78, 5) is 14.3. The third-order valence-corrected chi connectivity index (χ3v) is 2.30. The van der Waals surface area contributed by atoms with Crippen molar-refractivity contribution in [1.82, 2.24) is 4.98 Å². The van der Waals surface area contributed by atoms with Gasteiger partial charge in [-0.3, -0.25) is 4.79 Å². The summed E-state index contributed by atoms with van der Waals surface area (Å²) < 4.78 is 0. The van der Waals surface area contributed by atoms with Crippen LogP contribution in [0.5, 0.6) is 0 Å². The van der Waals surface area contributed by atoms with Crippen LogP contribution in [0.15, 0.2) is 47.3 Å². The molecule has 3 nitrogen and oxygen atoms in total. The molecule has 0 aliphatic carbocycles. The minimum Gasteiger partial charge on any atom is -0.326 e. The molecule has 0 radical (unpaired) electrons. The van der Waals surface area contributed by atoms with Gasteiger partial charge < -0.3 is 10.7 Å². The molecule has 0 atom stereocenters. The quantitative estimate of drug-likeness (QED) is 0.771. The largest absolute Gasteiger partial charge is 0.326 e. The SMILES string of the molecule is NCc1ccc(-c2ccccc2)[nH]c1=O. The summed E-state index contributed by atoms with van der Waals surface area (Å²) >= 11 is 0. The lowest BCUT2D eigenvalue weighted by Gasteiger charge is -2.02. The minimum absolute atomic E-state index is 0.112. The van der Waals surface area contributed by atoms with Crippen LogP contribution < -0.4 is 11.3 Å². The van der Waals surface area contributed by atoms with Crippen molar-refractivity contribution >= 4 is 0 Å². The van der Waals surface area contributed by atoms with Gasteiger partial charge in [-0.2, -0.15) is 0 Å². The van der Waals surface area contributed by atoms with E-state index in [0.717, 1.165) is 11.3 Å². The summed E-state index contributed by atoms with van der Waals surface area (Å²) in [5, 5.41) is 0. The van der Waals surface area contributed by atoms with Gasteiger partial charge in [0.25, 0.3) is 5.56 Å². The molecule has 76 valence electrons. The molecule has 0 saturated heterocycles. The normalized spacial score (nSPS) is 10.2. The summed E-state index contributed by atoms with van der Waals surface area (Å²) in [6.07, 6.45) is 0. The lowest BCUT2D eigenvalue weighted by atomic mass is 10.1. The Morgan fingerprint density at radius 3 is 2.40 bits per heavy atom. The van der Waals surface area contributed by atoms with Crippen LogP contribution in [-0.2, 0) is 6.54 Å². The summed E-state index contributed by atoms with van der Waals surface area (Å²) in [6.45, 7) is 0.268. The highest BCUT2D eigenvalue weighted by atomic mass is 16.1. The Hall–Kier alpha value is -1.87. The van der Waals surface area contributed by atoms with Crippen molar-refractivity contribution in [1.29, 1.82) is 0 Å². The van der Waals surface area contributed by atoms with Crippen LogP contribution in [0.2, 0.25) is 0 Å². The van der Waals surface area contributed by atoms with Crippen molar-refractivity contribution in [3.63, 3.8) is 0 Å². The average molecular weight is 200 g/mol. The number of benzene rings is 1. The molecule has 2 aromatic rings. The summed E-state index contributed by atoms with van der Waals surface area (Å²) in [5.74, 6) is 0. The fourth-order valence-electron chi connectivity index (χ4n) is 1.45. The zero-order chi connectivity index (χ0) is 10.7. The molecule has 1 aromatic carbocycles. The lowest BCUT2D eigenvalue weighted by molar-refractivity contribution is 1.02. The highest BCUT2D eigenvalue weighted by Gasteiger charge is 2.00. The maximum atomic E-state index is 11.5. The van der Waals surface area contributed by atoms with Gasteiger partial charge in [-0.05, 0) is 11.6 Å². The smallest absolute Gasteiger partial charge is 0.252 e. The van der Waals surface area contributed by atoms with E-state index in [9.17, 15) is 4.79 Å². The fourth-order valence-corrected chi connectivity index (χ4v) is 1.45. The van der Waals surface area contributed by atoms with Gasteiger partial charge in [0.1, 0.15) is 0 Å². The lowest BCUT2D eigenvalue weighted by Crippen LogP contribution is -2.15. The molecule has 0 spiro atoms. The molecule has 1 heterocycles. The standard InChI is InChI=1S/C12H12N2O/c13-8-10-6-7-11(14-12(10)15)9-4-2-1-3-5-9/h1-7H,8,13H2,(H,14,15). The molecule has 0 fully saturated rings. The first kappa shape index (κ1) is 9.68. The van der Waals surface area contributed by atoms with Crippen LogP contribution in [0.3, 0.4) is 0 Å². The number of hydrogen-bond donors (Lipinski definition) is 2. The van der Waals surface area contributed by atoms with Gasteiger partial charge in [0, 0.05) is 17.8 Å². The summed E-state index contributed by atoms with van der Waals surface area (Å²) in [7, 11) is 0. The number of H-pyrrole nitrogens is 1. The van der Waals surface area contributed by atoms with E-state index in [2.05, 4.69) is 4.98 Å². The van der Waals surface area contributed by atoms with E-state index in [0.29, 0.717) is 5.56 Å². The third kappa shape index (κ3) is 1.97. The summed E-state index contributed by atoms with van der Waals surface area (Å²) in [6, 6.07) is 13.4. The van der Waals surface area contributed by atoms with Crippen molar-refractivity contribution in [2.24, 2.45) is 5.73 Å². The van der Waals surface area contributed by atoms with E-state index in [4.69, 9.17) is 5.73 Å². The van der Waals surface area contributed by atoms with Crippen molar-refractivity contribution in [2.75, 3.05) is 0 Å². The van der Waals surface area contributed by atoms with E-state index >= 15 is 0 Å². The van der Waals surface area contributed by atoms with Gasteiger partial charge >= 0.3 is 0 Å². The maximum Gasteiger partial charge on any atom is 0.252 e. The Morgan fingerprint density at radius 2 is 1.80 bits per heavy atom. The van der Waals surface area contributed by atoms with Crippen LogP contribution in [0, 0.1) is 0 Å². The van der Waals surface area contributed by atoms with E-state index in [-0.39, 0.29) is 12.1 Å². The molecule has 0 amide bonds. The first-order chi connectivity index (χ1) is 7.31. The van der Waals surface area contributed by atoms with Crippen LogP contribution in [-0.4, -0.2) is 4.98 Å². The van der Waals surface area contributed by atoms with Crippen LogP contribution in [0.1, 0.15) is 5.56 Å². The van der Waals surface area contributed by atoms with E-state index in [1.165, 1.54) is 0 Å². The monoisotopic (exact) mass is 200 g/mol. The molecule has 0 aliphatic rings. The Bertz CT molecular complexity index is 503. The number of nitrogens with two attached hydrogens (primary N) is 1. The number of pyridine rings is 1. The molecule has 2 rings (SSSR count). The van der Waals surface area contributed by atoms with Gasteiger partial charge in [-0.25, -0.2) is 0 Å². The molecule has 0 unspecified atom stereocenters. The topological polar surface area (TPSA) is 58.9 Å². The summed E-state index contributed by atoms with van der Waals surface area (Å²) in [5.41, 5.74) is 7.73. The number of aromatic nitrogens is 1. The Labute approximate surface area is 87.6 Å². The van der Waals surface area contributed by atoms with Crippen molar-refractivity contribution in [3.8, 4) is 11.3 Å². The Kier molecular flexibility index (Phi) is 2.65. The van der Waals surface area contributed by atoms with Gasteiger partial charge in [-0.1, -0.05) is 36.4 Å². The van der Waals surface area contributed by atoms with Gasteiger partial charge in [0.05, 0.1) is 0 Å². The molecule has 0 bridgehead atoms. The second-order valence-electron chi connectivity index (χ2n) is 3.30. The van der Waals surface area contributed by atoms with E-state index in [1.54, 1.807) is 6.07 Å². The molecular formula is C12H12N2O. The van der Waals surface area contributed by atoms with Crippen molar-refractivity contribution in [3.05, 3.63) is 58.4 Å². The first-order valence-electron chi connectivity index (χ1n) is 4.79. The van der Waals surface area contributed by atoms with Gasteiger partial charge in [0.15, 0.2) is 0 Å². The van der Waals surface area contributed by atoms with Crippen molar-refractivity contribution < 1.29 is 0 Å².